The van der Waals surface area contributed by atoms with E-state index in [2.05, 4.69) is 206 Å². The summed E-state index contributed by atoms with van der Waals surface area (Å²) in [5.41, 5.74) is 16.5. The molecular weight excluding hydrogens is 669 g/mol. The number of hydrogen-bond donors (Lipinski definition) is 0. The van der Waals surface area contributed by atoms with E-state index in [0.29, 0.717) is 0 Å². The molecular formula is C52H38N2O. The smallest absolute Gasteiger partial charge is 0.134 e. The number of nitrogens with zero attached hydrogens (tertiary/aromatic N) is 2. The molecule has 0 radical (unpaired) electrons. The first-order chi connectivity index (χ1) is 27.0. The summed E-state index contributed by atoms with van der Waals surface area (Å²) in [5, 5.41) is 3.63. The molecule has 0 fully saturated rings. The van der Waals surface area contributed by atoms with E-state index in [1.165, 1.54) is 72.2 Å². The molecule has 1 aromatic heterocycles. The zero-order valence-electron chi connectivity index (χ0n) is 30.8. The third kappa shape index (κ3) is 4.97. The zero-order valence-corrected chi connectivity index (χ0v) is 30.8. The molecule has 2 aliphatic rings. The van der Waals surface area contributed by atoms with Gasteiger partial charge in [-0.25, -0.2) is 0 Å². The number of para-hydroxylation sites is 3. The maximum absolute atomic E-state index is 6.55. The van der Waals surface area contributed by atoms with E-state index in [4.69, 9.17) is 4.42 Å². The van der Waals surface area contributed by atoms with Gasteiger partial charge in [-0.15, -0.1) is 0 Å². The highest BCUT2D eigenvalue weighted by atomic mass is 16.3. The zero-order chi connectivity index (χ0) is 36.7. The van der Waals surface area contributed by atoms with Crippen molar-refractivity contribution in [1.29, 1.82) is 0 Å². The number of furan rings is 1. The van der Waals surface area contributed by atoms with Crippen LogP contribution in [0.4, 0.5) is 34.1 Å². The fourth-order valence-corrected chi connectivity index (χ4v) is 9.04. The van der Waals surface area contributed by atoms with Crippen molar-refractivity contribution in [2.24, 2.45) is 0 Å². The Bertz CT molecular complexity index is 2940. The molecule has 262 valence electrons. The van der Waals surface area contributed by atoms with Gasteiger partial charge in [0, 0.05) is 56.9 Å². The summed E-state index contributed by atoms with van der Waals surface area (Å²) in [7, 11) is 0. The fraction of sp³-hybridized carbons (Fsp3) is 0.0769. The molecule has 8 aromatic carbocycles. The van der Waals surface area contributed by atoms with Crippen molar-refractivity contribution < 1.29 is 4.42 Å². The number of anilines is 6. The van der Waals surface area contributed by atoms with E-state index in [0.717, 1.165) is 34.8 Å². The second-order valence-electron chi connectivity index (χ2n) is 15.4. The monoisotopic (exact) mass is 706 g/mol. The van der Waals surface area contributed by atoms with Gasteiger partial charge < -0.3 is 14.2 Å². The van der Waals surface area contributed by atoms with Crippen molar-refractivity contribution in [3.63, 3.8) is 0 Å². The highest BCUT2D eigenvalue weighted by molar-refractivity contribution is 6.01. The van der Waals surface area contributed by atoms with E-state index < -0.39 is 0 Å². The van der Waals surface area contributed by atoms with Crippen LogP contribution in [-0.4, -0.2) is 0 Å². The van der Waals surface area contributed by atoms with Crippen LogP contribution in [-0.2, 0) is 11.8 Å². The number of rotatable bonds is 5. The van der Waals surface area contributed by atoms with E-state index >= 15 is 0 Å². The van der Waals surface area contributed by atoms with Crippen LogP contribution in [0.5, 0.6) is 0 Å². The molecule has 1 aliphatic carbocycles. The van der Waals surface area contributed by atoms with Gasteiger partial charge in [-0.1, -0.05) is 109 Å². The highest BCUT2D eigenvalue weighted by Gasteiger charge is 2.41. The van der Waals surface area contributed by atoms with Crippen molar-refractivity contribution in [2.75, 3.05) is 9.80 Å². The van der Waals surface area contributed by atoms with E-state index in [9.17, 15) is 0 Å². The Balaban J connectivity index is 1.00. The minimum Gasteiger partial charge on any atom is -0.459 e. The molecule has 0 saturated heterocycles. The number of benzene rings is 8. The minimum absolute atomic E-state index is 0.276. The lowest BCUT2D eigenvalue weighted by Gasteiger charge is -2.33. The lowest BCUT2D eigenvalue weighted by Crippen LogP contribution is -2.18. The number of fused-ring (bicyclic) bond motifs is 8. The van der Waals surface area contributed by atoms with Crippen LogP contribution >= 0.6 is 0 Å². The quantitative estimate of drug-likeness (QED) is 0.178. The van der Waals surface area contributed by atoms with Crippen LogP contribution in [0.3, 0.4) is 0 Å². The molecule has 55 heavy (non-hydrogen) atoms. The Morgan fingerprint density at radius 1 is 0.527 bits per heavy atom. The van der Waals surface area contributed by atoms with Gasteiger partial charge >= 0.3 is 0 Å². The van der Waals surface area contributed by atoms with Crippen molar-refractivity contribution in [3.8, 4) is 22.3 Å². The molecule has 0 atom stereocenters. The van der Waals surface area contributed by atoms with Gasteiger partial charge in [-0.2, -0.15) is 0 Å². The molecule has 0 spiro atoms. The Morgan fingerprint density at radius 2 is 1.20 bits per heavy atom. The summed E-state index contributed by atoms with van der Waals surface area (Å²) < 4.78 is 6.55. The topological polar surface area (TPSA) is 19.6 Å². The second-order valence-corrected chi connectivity index (χ2v) is 15.4. The lowest BCUT2D eigenvalue weighted by atomic mass is 9.85. The first-order valence-electron chi connectivity index (χ1n) is 19.1. The van der Waals surface area contributed by atoms with Crippen molar-refractivity contribution in [1.82, 2.24) is 0 Å². The minimum atomic E-state index is -0.276. The average Bonchev–Trinajstić information content (AvgIpc) is 3.73. The molecule has 0 N–H and O–H groups in total. The van der Waals surface area contributed by atoms with Crippen LogP contribution in [0.2, 0.25) is 0 Å². The Labute approximate surface area is 321 Å². The standard InChI is InChI=1S/C52H38N2O/c1-52(2)46-33-43(27-28-44(46)50-45-17-9-11-19-49(45)55-51(50)52)53(42-26-22-34-12-6-7-13-36(34)32-42)41-24-20-35(21-25-41)37-23-29-48-39(30-37)31-38-14-8-10-18-47(38)54(48)40-15-4-3-5-16-40/h3-30,32-33H,31H2,1-2H3. The van der Waals surface area contributed by atoms with Gasteiger partial charge in [0.2, 0.25) is 0 Å². The van der Waals surface area contributed by atoms with Crippen molar-refractivity contribution in [2.45, 2.75) is 25.7 Å². The van der Waals surface area contributed by atoms with E-state index in [1.54, 1.807) is 0 Å². The summed E-state index contributed by atoms with van der Waals surface area (Å²) in [5.74, 6) is 1.04. The van der Waals surface area contributed by atoms with Crippen LogP contribution < -0.4 is 9.80 Å². The Morgan fingerprint density at radius 3 is 2.07 bits per heavy atom. The molecule has 3 nitrogen and oxygen atoms in total. The normalized spacial score (nSPS) is 13.7. The largest absolute Gasteiger partial charge is 0.459 e. The summed E-state index contributed by atoms with van der Waals surface area (Å²) in [4.78, 5) is 4.79. The van der Waals surface area contributed by atoms with Gasteiger partial charge in [-0.3, -0.25) is 0 Å². The predicted octanol–water partition coefficient (Wildman–Crippen LogP) is 14.4. The molecule has 0 amide bonds. The molecule has 9 aromatic rings. The predicted molar refractivity (Wildman–Crippen MR) is 229 cm³/mol. The van der Waals surface area contributed by atoms with Crippen LogP contribution in [0.25, 0.3) is 44.0 Å². The van der Waals surface area contributed by atoms with Gasteiger partial charge in [0.15, 0.2) is 0 Å². The SMILES string of the molecule is CC1(C)c2cc(N(c3ccc(-c4ccc5c(c4)Cc4ccccc4N5c4ccccc4)cc3)c3ccc4ccccc4c3)ccc2-c2c1oc1ccccc21. The average molecular weight is 707 g/mol. The molecule has 0 unspecified atom stereocenters. The maximum atomic E-state index is 6.55. The first-order valence-corrected chi connectivity index (χ1v) is 19.1. The first kappa shape index (κ1) is 31.7. The van der Waals surface area contributed by atoms with E-state index in [1.807, 2.05) is 0 Å². The van der Waals surface area contributed by atoms with Crippen LogP contribution in [0, 0.1) is 0 Å². The van der Waals surface area contributed by atoms with Crippen LogP contribution in [0.15, 0.2) is 186 Å². The molecule has 3 heteroatoms. The second kappa shape index (κ2) is 12.1. The van der Waals surface area contributed by atoms with Crippen molar-refractivity contribution in [3.05, 3.63) is 204 Å². The van der Waals surface area contributed by atoms with Crippen molar-refractivity contribution >= 4 is 55.9 Å². The highest BCUT2D eigenvalue weighted by Crippen LogP contribution is 2.54. The lowest BCUT2D eigenvalue weighted by molar-refractivity contribution is 0.465. The summed E-state index contributed by atoms with van der Waals surface area (Å²) in [6.45, 7) is 4.57. The maximum Gasteiger partial charge on any atom is 0.134 e. The van der Waals surface area contributed by atoms with Gasteiger partial charge in [0.05, 0.1) is 0 Å². The van der Waals surface area contributed by atoms with Gasteiger partial charge in [0.1, 0.15) is 11.3 Å². The molecule has 0 bridgehead atoms. The fourth-order valence-electron chi connectivity index (χ4n) is 9.04. The van der Waals surface area contributed by atoms with Crippen LogP contribution in [0.1, 0.15) is 36.3 Å². The summed E-state index contributed by atoms with van der Waals surface area (Å²) >= 11 is 0. The number of hydrogen-bond acceptors (Lipinski definition) is 3. The van der Waals surface area contributed by atoms with Gasteiger partial charge in [-0.05, 0) is 131 Å². The summed E-state index contributed by atoms with van der Waals surface area (Å²) in [6.07, 6.45) is 0.903. The molecule has 0 saturated carbocycles. The third-order valence-electron chi connectivity index (χ3n) is 11.8. The third-order valence-corrected chi connectivity index (χ3v) is 11.8. The summed E-state index contributed by atoms with van der Waals surface area (Å²) in [6, 6.07) is 66.2. The Kier molecular flexibility index (Phi) is 6.96. The molecule has 1 aliphatic heterocycles. The molecule has 11 rings (SSSR count). The molecule has 2 heterocycles. The van der Waals surface area contributed by atoms with E-state index in [-0.39, 0.29) is 5.41 Å². The Hall–Kier alpha value is -6.84. The van der Waals surface area contributed by atoms with Gasteiger partial charge in [0.25, 0.3) is 0 Å².